The Kier molecular flexibility index (Phi) is 5.52. The first-order valence-corrected chi connectivity index (χ1v) is 5.05. The maximum Gasteiger partial charge on any atom is 0.165 e. The van der Waals surface area contributed by atoms with E-state index in [2.05, 4.69) is 5.32 Å². The van der Waals surface area contributed by atoms with Gasteiger partial charge in [-0.2, -0.15) is 0 Å². The average molecular weight is 248 g/mol. The van der Waals surface area contributed by atoms with E-state index in [0.29, 0.717) is 19.0 Å². The van der Waals surface area contributed by atoms with Crippen molar-refractivity contribution < 1.29 is 13.9 Å². The highest BCUT2D eigenvalue weighted by Gasteiger charge is 2.14. The van der Waals surface area contributed by atoms with Crippen LogP contribution in [0, 0.1) is 5.82 Å². The highest BCUT2D eigenvalue weighted by atomic mass is 35.5. The zero-order valence-corrected chi connectivity index (χ0v) is 9.63. The summed E-state index contributed by atoms with van der Waals surface area (Å²) in [5.41, 5.74) is 0. The smallest absolute Gasteiger partial charge is 0.165 e. The summed E-state index contributed by atoms with van der Waals surface area (Å²) < 4.78 is 23.8. The van der Waals surface area contributed by atoms with Crippen molar-refractivity contribution >= 4 is 12.4 Å². The van der Waals surface area contributed by atoms with Crippen LogP contribution in [0.1, 0.15) is 0 Å². The summed E-state index contributed by atoms with van der Waals surface area (Å²) in [5.74, 6) is -0.0286. The van der Waals surface area contributed by atoms with Crippen LogP contribution in [0.2, 0.25) is 0 Å². The monoisotopic (exact) mass is 247 g/mol. The second-order valence-corrected chi connectivity index (χ2v) is 3.47. The van der Waals surface area contributed by atoms with E-state index < -0.39 is 0 Å². The lowest BCUT2D eigenvalue weighted by Gasteiger charge is -2.23. The third-order valence-corrected chi connectivity index (χ3v) is 2.28. The van der Waals surface area contributed by atoms with Crippen LogP contribution in [0.15, 0.2) is 24.3 Å². The molecule has 0 spiro atoms. The highest BCUT2D eigenvalue weighted by Crippen LogP contribution is 2.15. The van der Waals surface area contributed by atoms with Crippen LogP contribution < -0.4 is 10.1 Å². The van der Waals surface area contributed by atoms with Gasteiger partial charge in [-0.25, -0.2) is 4.39 Å². The normalized spacial score (nSPS) is 19.9. The van der Waals surface area contributed by atoms with Gasteiger partial charge in [0.15, 0.2) is 11.6 Å². The molecule has 2 rings (SSSR count). The molecule has 0 radical (unpaired) electrons. The molecule has 1 aliphatic heterocycles. The number of ether oxygens (including phenoxy) is 2. The second-order valence-electron chi connectivity index (χ2n) is 3.47. The standard InChI is InChI=1S/C11H14FNO2.ClH/c12-10-3-1-2-4-11(10)15-8-9-7-14-6-5-13-9;/h1-4,9,13H,5-8H2;1H. The number of halogens is 2. The molecule has 1 aromatic rings. The SMILES string of the molecule is Cl.Fc1ccccc1OCC1COCCN1. The van der Waals surface area contributed by atoms with Gasteiger partial charge in [0.1, 0.15) is 6.61 Å². The maximum atomic E-state index is 13.2. The maximum absolute atomic E-state index is 13.2. The van der Waals surface area contributed by atoms with Crippen LogP contribution in [-0.4, -0.2) is 32.4 Å². The number of para-hydroxylation sites is 1. The summed E-state index contributed by atoms with van der Waals surface area (Å²) in [6.45, 7) is 2.61. The summed E-state index contributed by atoms with van der Waals surface area (Å²) >= 11 is 0. The summed E-state index contributed by atoms with van der Waals surface area (Å²) in [6, 6.07) is 6.56. The fourth-order valence-electron chi connectivity index (χ4n) is 1.48. The predicted octanol–water partition coefficient (Wildman–Crippen LogP) is 1.61. The Morgan fingerprint density at radius 3 is 2.94 bits per heavy atom. The summed E-state index contributed by atoms with van der Waals surface area (Å²) in [4.78, 5) is 0. The molecule has 3 nitrogen and oxygen atoms in total. The third-order valence-electron chi connectivity index (χ3n) is 2.28. The molecule has 1 aliphatic rings. The zero-order valence-electron chi connectivity index (χ0n) is 8.82. The Labute approximate surface area is 100 Å². The number of benzene rings is 1. The van der Waals surface area contributed by atoms with Crippen molar-refractivity contribution in [1.82, 2.24) is 5.32 Å². The van der Waals surface area contributed by atoms with Gasteiger partial charge in [-0.05, 0) is 12.1 Å². The number of morpholine rings is 1. The fraction of sp³-hybridized carbons (Fsp3) is 0.455. The van der Waals surface area contributed by atoms with Gasteiger partial charge in [0.05, 0.1) is 19.3 Å². The number of nitrogens with one attached hydrogen (secondary N) is 1. The first-order valence-electron chi connectivity index (χ1n) is 5.05. The lowest BCUT2D eigenvalue weighted by molar-refractivity contribution is 0.0586. The van der Waals surface area contributed by atoms with Gasteiger partial charge < -0.3 is 14.8 Å². The van der Waals surface area contributed by atoms with Gasteiger partial charge in [-0.1, -0.05) is 12.1 Å². The van der Waals surface area contributed by atoms with Gasteiger partial charge >= 0.3 is 0 Å². The van der Waals surface area contributed by atoms with E-state index in [9.17, 15) is 4.39 Å². The Balaban J connectivity index is 0.00000128. The van der Waals surface area contributed by atoms with Crippen LogP contribution in [0.3, 0.4) is 0 Å². The molecular weight excluding hydrogens is 233 g/mol. The number of hydrogen-bond acceptors (Lipinski definition) is 3. The molecule has 1 fully saturated rings. The Bertz CT molecular complexity index is 319. The minimum atomic E-state index is -0.325. The third kappa shape index (κ3) is 3.63. The molecule has 0 amide bonds. The van der Waals surface area contributed by atoms with Crippen molar-refractivity contribution in [3.05, 3.63) is 30.1 Å². The minimum Gasteiger partial charge on any atom is -0.489 e. The Morgan fingerprint density at radius 2 is 2.25 bits per heavy atom. The lowest BCUT2D eigenvalue weighted by atomic mass is 10.3. The van der Waals surface area contributed by atoms with E-state index >= 15 is 0 Å². The topological polar surface area (TPSA) is 30.5 Å². The molecule has 90 valence electrons. The first kappa shape index (κ1) is 13.2. The fourth-order valence-corrected chi connectivity index (χ4v) is 1.48. The Hall–Kier alpha value is -0.840. The summed E-state index contributed by atoms with van der Waals surface area (Å²) in [5, 5.41) is 3.24. The van der Waals surface area contributed by atoms with Gasteiger partial charge in [-0.15, -0.1) is 12.4 Å². The van der Waals surface area contributed by atoms with Crippen molar-refractivity contribution in [3.8, 4) is 5.75 Å². The van der Waals surface area contributed by atoms with Gasteiger partial charge in [0, 0.05) is 6.54 Å². The summed E-state index contributed by atoms with van der Waals surface area (Å²) in [6.07, 6.45) is 0. The number of hydrogen-bond donors (Lipinski definition) is 1. The van der Waals surface area contributed by atoms with Gasteiger partial charge in [0.25, 0.3) is 0 Å². The van der Waals surface area contributed by atoms with Gasteiger partial charge in [-0.3, -0.25) is 0 Å². The molecule has 1 aromatic carbocycles. The van der Waals surface area contributed by atoms with Crippen LogP contribution in [-0.2, 0) is 4.74 Å². The van der Waals surface area contributed by atoms with Crippen LogP contribution in [0.4, 0.5) is 4.39 Å². The molecule has 1 unspecified atom stereocenters. The molecule has 16 heavy (non-hydrogen) atoms. The minimum absolute atomic E-state index is 0. The van der Waals surface area contributed by atoms with E-state index in [1.54, 1.807) is 18.2 Å². The van der Waals surface area contributed by atoms with E-state index in [-0.39, 0.29) is 24.3 Å². The molecule has 0 bridgehead atoms. The molecule has 5 heteroatoms. The molecule has 1 heterocycles. The average Bonchev–Trinajstić information content (AvgIpc) is 2.29. The van der Waals surface area contributed by atoms with Crippen LogP contribution in [0.25, 0.3) is 0 Å². The van der Waals surface area contributed by atoms with Crippen LogP contribution in [0.5, 0.6) is 5.75 Å². The van der Waals surface area contributed by atoms with Crippen molar-refractivity contribution in [1.29, 1.82) is 0 Å². The molecule has 1 saturated heterocycles. The Morgan fingerprint density at radius 1 is 1.44 bits per heavy atom. The molecule has 0 aliphatic carbocycles. The van der Waals surface area contributed by atoms with E-state index in [0.717, 1.165) is 13.2 Å². The van der Waals surface area contributed by atoms with E-state index in [1.165, 1.54) is 6.07 Å². The quantitative estimate of drug-likeness (QED) is 0.881. The molecule has 1 N–H and O–H groups in total. The lowest BCUT2D eigenvalue weighted by Crippen LogP contribution is -2.44. The molecule has 0 saturated carbocycles. The molecular formula is C11H15ClFNO2. The molecule has 0 aromatic heterocycles. The highest BCUT2D eigenvalue weighted by molar-refractivity contribution is 5.85. The van der Waals surface area contributed by atoms with Crippen LogP contribution >= 0.6 is 12.4 Å². The van der Waals surface area contributed by atoms with Crippen molar-refractivity contribution in [2.24, 2.45) is 0 Å². The van der Waals surface area contributed by atoms with Crippen molar-refractivity contribution in [3.63, 3.8) is 0 Å². The predicted molar refractivity (Wildman–Crippen MR) is 61.8 cm³/mol. The summed E-state index contributed by atoms with van der Waals surface area (Å²) in [7, 11) is 0. The van der Waals surface area contributed by atoms with Crippen molar-refractivity contribution in [2.45, 2.75) is 6.04 Å². The largest absolute Gasteiger partial charge is 0.489 e. The zero-order chi connectivity index (χ0) is 10.5. The van der Waals surface area contributed by atoms with E-state index in [4.69, 9.17) is 9.47 Å². The van der Waals surface area contributed by atoms with E-state index in [1.807, 2.05) is 0 Å². The first-order chi connectivity index (χ1) is 7.36. The number of rotatable bonds is 3. The van der Waals surface area contributed by atoms with Gasteiger partial charge in [0.2, 0.25) is 0 Å². The van der Waals surface area contributed by atoms with Crippen molar-refractivity contribution in [2.75, 3.05) is 26.4 Å². The second kappa shape index (κ2) is 6.68. The molecule has 1 atom stereocenters.